The van der Waals surface area contributed by atoms with Crippen molar-refractivity contribution in [3.8, 4) is 5.75 Å². The minimum atomic E-state index is -4.83. The van der Waals surface area contributed by atoms with Gasteiger partial charge in [0.2, 0.25) is 6.10 Å². The summed E-state index contributed by atoms with van der Waals surface area (Å²) in [6.45, 7) is 3.15. The number of carbonyl (C=O) groups is 1. The lowest BCUT2D eigenvalue weighted by molar-refractivity contribution is -0.757. The van der Waals surface area contributed by atoms with Gasteiger partial charge in [0.05, 0.1) is 5.57 Å². The molecule has 0 saturated heterocycles. The van der Waals surface area contributed by atoms with Gasteiger partial charge in [-0.15, -0.1) is 10.1 Å². The van der Waals surface area contributed by atoms with Crippen molar-refractivity contribution in [2.24, 2.45) is 0 Å². The minimum Gasteiger partial charge on any atom is -0.475 e. The van der Waals surface area contributed by atoms with E-state index in [4.69, 9.17) is 21.1 Å². The van der Waals surface area contributed by atoms with Gasteiger partial charge in [-0.1, -0.05) is 11.6 Å². The number of benzene rings is 1. The van der Waals surface area contributed by atoms with E-state index in [0.29, 0.717) is 16.1 Å². The van der Waals surface area contributed by atoms with Gasteiger partial charge in [-0.05, 0) is 44.2 Å². The van der Waals surface area contributed by atoms with Crippen LogP contribution in [0.1, 0.15) is 16.7 Å². The Morgan fingerprint density at radius 3 is 2.57 bits per heavy atom. The number of fused-ring (bicyclic) bond motifs is 1. The van der Waals surface area contributed by atoms with Crippen LogP contribution in [-0.2, 0) is 14.4 Å². The summed E-state index contributed by atoms with van der Waals surface area (Å²) in [6.07, 6.45) is -6.21. The molecule has 0 saturated carbocycles. The molecular weight excluding hydrogens is 433 g/mol. The van der Waals surface area contributed by atoms with Gasteiger partial charge in [0, 0.05) is 23.7 Å². The summed E-state index contributed by atoms with van der Waals surface area (Å²) in [7, 11) is 1.59. The van der Waals surface area contributed by atoms with E-state index in [2.05, 4.69) is 4.84 Å². The van der Waals surface area contributed by atoms with E-state index in [-0.39, 0.29) is 37.6 Å². The van der Waals surface area contributed by atoms with E-state index in [9.17, 15) is 28.1 Å². The quantitative estimate of drug-likeness (QED) is 0.339. The lowest BCUT2D eigenvalue weighted by Gasteiger charge is -2.29. The summed E-state index contributed by atoms with van der Waals surface area (Å²) in [5, 5.41) is 9.53. The van der Waals surface area contributed by atoms with Gasteiger partial charge in [-0.2, -0.15) is 13.2 Å². The van der Waals surface area contributed by atoms with Gasteiger partial charge >= 0.3 is 12.1 Å². The second kappa shape index (κ2) is 9.52. The number of likely N-dealkylation sites (N-methyl/N-ethyl adjacent to an activating group) is 1. The molecule has 0 radical (unpaired) electrons. The number of alkyl halides is 3. The molecule has 0 aromatic heterocycles. The first kappa shape index (κ1) is 23.7. The van der Waals surface area contributed by atoms with Crippen molar-refractivity contribution in [1.82, 2.24) is 4.90 Å². The van der Waals surface area contributed by atoms with Gasteiger partial charge in [0.1, 0.15) is 19.0 Å². The molecule has 0 fully saturated rings. The number of hydrogen-bond donors (Lipinski definition) is 0. The third-order valence-electron chi connectivity index (χ3n) is 4.43. The average molecular weight is 453 g/mol. The second-order valence-electron chi connectivity index (χ2n) is 6.68. The van der Waals surface area contributed by atoms with Crippen LogP contribution in [-0.4, -0.2) is 61.6 Å². The number of carbonyl (C=O) groups excluding carboxylic acids is 1. The molecule has 0 aliphatic carbocycles. The second-order valence-corrected chi connectivity index (χ2v) is 7.06. The molecule has 166 valence electrons. The normalized spacial score (nSPS) is 15.9. The molecule has 2 rings (SSSR count). The van der Waals surface area contributed by atoms with Crippen molar-refractivity contribution >= 4 is 23.6 Å². The summed E-state index contributed by atoms with van der Waals surface area (Å²) in [5.41, 5.74) is 0.643. The maximum Gasteiger partial charge on any atom is 0.430 e. The largest absolute Gasteiger partial charge is 0.475 e. The van der Waals surface area contributed by atoms with Crippen molar-refractivity contribution in [3.05, 3.63) is 43.5 Å². The zero-order valence-corrected chi connectivity index (χ0v) is 17.2. The van der Waals surface area contributed by atoms with Crippen molar-refractivity contribution in [1.29, 1.82) is 0 Å². The molecule has 1 atom stereocenters. The van der Waals surface area contributed by atoms with E-state index >= 15 is 0 Å². The molecule has 1 unspecified atom stereocenters. The summed E-state index contributed by atoms with van der Waals surface area (Å²) < 4.78 is 50.6. The number of esters is 1. The van der Waals surface area contributed by atoms with Crippen LogP contribution < -0.4 is 4.74 Å². The molecule has 12 heteroatoms. The molecule has 1 aliphatic rings. The number of rotatable bonds is 8. The van der Waals surface area contributed by atoms with E-state index in [1.54, 1.807) is 25.8 Å². The monoisotopic (exact) mass is 452 g/mol. The molecule has 0 spiro atoms. The van der Waals surface area contributed by atoms with Crippen LogP contribution in [0.2, 0.25) is 5.02 Å². The zero-order chi connectivity index (χ0) is 22.6. The number of nitrogens with zero attached hydrogens (tertiary/aromatic N) is 2. The predicted octanol–water partition coefficient (Wildman–Crippen LogP) is 3.35. The molecule has 30 heavy (non-hydrogen) atoms. The number of hydrogen-bond acceptors (Lipinski definition) is 7. The first-order valence-corrected chi connectivity index (χ1v) is 9.17. The highest BCUT2D eigenvalue weighted by Gasteiger charge is 2.49. The molecule has 0 N–H and O–H groups in total. The average Bonchev–Trinajstić information content (AvgIpc) is 2.64. The molecule has 0 bridgehead atoms. The van der Waals surface area contributed by atoms with Crippen LogP contribution in [0.25, 0.3) is 6.08 Å². The van der Waals surface area contributed by atoms with Gasteiger partial charge in [0.25, 0.3) is 5.09 Å². The molecule has 0 amide bonds. The molecule has 8 nitrogen and oxygen atoms in total. The Balaban J connectivity index is 2.13. The van der Waals surface area contributed by atoms with Crippen molar-refractivity contribution in [2.45, 2.75) is 26.1 Å². The maximum absolute atomic E-state index is 13.5. The Labute approximate surface area is 175 Å². The Hall–Kier alpha value is -2.53. The summed E-state index contributed by atoms with van der Waals surface area (Å²) in [6, 6.07) is 1.39. The van der Waals surface area contributed by atoms with Crippen molar-refractivity contribution in [3.63, 3.8) is 0 Å². The van der Waals surface area contributed by atoms with Crippen LogP contribution in [0.5, 0.6) is 5.75 Å². The highest BCUT2D eigenvalue weighted by molar-refractivity contribution is 6.32. The van der Waals surface area contributed by atoms with Gasteiger partial charge in [0.15, 0.2) is 0 Å². The van der Waals surface area contributed by atoms with Crippen LogP contribution >= 0.6 is 11.6 Å². The lowest BCUT2D eigenvalue weighted by atomic mass is 9.96. The topological polar surface area (TPSA) is 91.1 Å². The summed E-state index contributed by atoms with van der Waals surface area (Å²) >= 11 is 6.17. The number of aryl methyl sites for hydroxylation is 1. The maximum atomic E-state index is 13.5. The SMILES string of the molecule is Cc1cc2c(c(C)c1Cl)C=C(C(=O)OCCN(C)CCO[N+](=O)[O-])C(C(F)(F)F)O2. The fourth-order valence-corrected chi connectivity index (χ4v) is 2.96. The van der Waals surface area contributed by atoms with Crippen LogP contribution in [0, 0.1) is 24.0 Å². The summed E-state index contributed by atoms with van der Waals surface area (Å²) in [4.78, 5) is 28.2. The molecular formula is C18H20ClF3N2O6. The Kier molecular flexibility index (Phi) is 7.54. The van der Waals surface area contributed by atoms with Crippen LogP contribution in [0.15, 0.2) is 11.6 Å². The fourth-order valence-electron chi connectivity index (χ4n) is 2.80. The van der Waals surface area contributed by atoms with Gasteiger partial charge in [-0.3, -0.25) is 0 Å². The molecule has 1 aliphatic heterocycles. The molecule has 1 aromatic carbocycles. The Morgan fingerprint density at radius 1 is 1.33 bits per heavy atom. The van der Waals surface area contributed by atoms with E-state index in [1.165, 1.54) is 6.07 Å². The molecule has 1 heterocycles. The summed E-state index contributed by atoms with van der Waals surface area (Å²) in [5.74, 6) is -1.19. The van der Waals surface area contributed by atoms with Gasteiger partial charge in [-0.25, -0.2) is 4.79 Å². The highest BCUT2D eigenvalue weighted by atomic mass is 35.5. The Morgan fingerprint density at radius 2 is 1.97 bits per heavy atom. The number of ether oxygens (including phenoxy) is 2. The number of halogens is 4. The third kappa shape index (κ3) is 5.76. The zero-order valence-electron chi connectivity index (χ0n) is 16.4. The first-order valence-electron chi connectivity index (χ1n) is 8.79. The van der Waals surface area contributed by atoms with E-state index < -0.39 is 28.9 Å². The predicted molar refractivity (Wildman–Crippen MR) is 101 cm³/mol. The van der Waals surface area contributed by atoms with Gasteiger partial charge < -0.3 is 19.2 Å². The fraction of sp³-hybridized carbons (Fsp3) is 0.500. The van der Waals surface area contributed by atoms with Crippen LogP contribution in [0.3, 0.4) is 0 Å². The lowest BCUT2D eigenvalue weighted by Crippen LogP contribution is -2.41. The third-order valence-corrected chi connectivity index (χ3v) is 5.01. The molecule has 1 aromatic rings. The Bertz CT molecular complexity index is 859. The first-order chi connectivity index (χ1) is 13.9. The van der Waals surface area contributed by atoms with E-state index in [0.717, 1.165) is 6.08 Å². The standard InChI is InChI=1S/C18H20ClF3N2O6/c1-10-8-14-12(11(2)15(10)19)9-13(16(30-14)18(20,21)22)17(25)28-6-4-23(3)5-7-29-24(26)27/h8-9,16H,4-7H2,1-3H3. The highest BCUT2D eigenvalue weighted by Crippen LogP contribution is 2.41. The van der Waals surface area contributed by atoms with Crippen molar-refractivity contribution < 1.29 is 37.4 Å². The smallest absolute Gasteiger partial charge is 0.430 e. The van der Waals surface area contributed by atoms with E-state index in [1.807, 2.05) is 0 Å². The minimum absolute atomic E-state index is 0.0150. The van der Waals surface area contributed by atoms with Crippen molar-refractivity contribution in [2.75, 3.05) is 33.4 Å². The van der Waals surface area contributed by atoms with Crippen LogP contribution in [0.4, 0.5) is 13.2 Å².